The van der Waals surface area contributed by atoms with Crippen molar-refractivity contribution in [2.24, 2.45) is 0 Å². The molecule has 0 saturated carbocycles. The van der Waals surface area contributed by atoms with Gasteiger partial charge in [-0.05, 0) is 30.3 Å². The number of fused-ring (bicyclic) bond motifs is 1. The number of hydrogen-bond acceptors (Lipinski definition) is 4. The Hall–Kier alpha value is -2.60. The Balaban J connectivity index is 2.19. The van der Waals surface area contributed by atoms with Crippen LogP contribution in [0.25, 0.3) is 22.6 Å². The average Bonchev–Trinajstić information content (AvgIpc) is 2.93. The summed E-state index contributed by atoms with van der Waals surface area (Å²) >= 11 is 5.97. The molecule has 6 nitrogen and oxygen atoms in total. The number of amides is 1. The molecule has 0 radical (unpaired) electrons. The molecule has 0 saturated heterocycles. The zero-order valence-corrected chi connectivity index (χ0v) is 14.4. The lowest BCUT2D eigenvalue weighted by molar-refractivity contribution is -0.129. The van der Waals surface area contributed by atoms with Crippen LogP contribution in [0.5, 0.6) is 5.88 Å². The van der Waals surface area contributed by atoms with Gasteiger partial charge in [-0.15, -0.1) is 0 Å². The van der Waals surface area contributed by atoms with Crippen LogP contribution in [-0.4, -0.2) is 46.5 Å². The standard InChI is InChI=1S/C17H17ClN4O2/c1-21(2)15(23)10-22-16(11-4-6-12(18)7-5-11)19-13-8-9-14(24-3)20-17(13)22/h4-9H,10H2,1-3H3. The third kappa shape index (κ3) is 3.05. The van der Waals surface area contributed by atoms with Crippen LogP contribution in [0.3, 0.4) is 0 Å². The third-order valence-corrected chi connectivity index (χ3v) is 3.92. The third-order valence-electron chi connectivity index (χ3n) is 3.67. The van der Waals surface area contributed by atoms with E-state index in [1.54, 1.807) is 44.0 Å². The number of rotatable bonds is 4. The SMILES string of the molecule is COc1ccc2nc(-c3ccc(Cl)cc3)n(CC(=O)N(C)C)c2n1. The van der Waals surface area contributed by atoms with Gasteiger partial charge in [0.05, 0.1) is 7.11 Å². The van der Waals surface area contributed by atoms with Crippen LogP contribution in [0.1, 0.15) is 0 Å². The van der Waals surface area contributed by atoms with Crippen LogP contribution in [0.15, 0.2) is 36.4 Å². The first-order chi connectivity index (χ1) is 11.5. The molecule has 0 fully saturated rings. The van der Waals surface area contributed by atoms with E-state index in [2.05, 4.69) is 9.97 Å². The van der Waals surface area contributed by atoms with E-state index in [0.29, 0.717) is 27.9 Å². The number of halogens is 1. The lowest BCUT2D eigenvalue weighted by Gasteiger charge is -2.13. The largest absolute Gasteiger partial charge is 0.481 e. The summed E-state index contributed by atoms with van der Waals surface area (Å²) in [6.07, 6.45) is 0. The highest BCUT2D eigenvalue weighted by Gasteiger charge is 2.18. The minimum atomic E-state index is -0.0471. The predicted octanol–water partition coefficient (Wildman–Crippen LogP) is 2.85. The van der Waals surface area contributed by atoms with Crippen molar-refractivity contribution >= 4 is 28.7 Å². The zero-order valence-electron chi connectivity index (χ0n) is 13.7. The first-order valence-electron chi connectivity index (χ1n) is 7.37. The molecule has 124 valence electrons. The Kier molecular flexibility index (Phi) is 4.40. The van der Waals surface area contributed by atoms with Crippen LogP contribution < -0.4 is 4.74 Å². The molecule has 0 aliphatic carbocycles. The summed E-state index contributed by atoms with van der Waals surface area (Å²) in [4.78, 5) is 22.9. The van der Waals surface area contributed by atoms with Gasteiger partial charge in [0.2, 0.25) is 11.8 Å². The average molecular weight is 345 g/mol. The monoisotopic (exact) mass is 344 g/mol. The molecule has 0 atom stereocenters. The maximum absolute atomic E-state index is 12.2. The Morgan fingerprint density at radius 1 is 1.17 bits per heavy atom. The number of ether oxygens (including phenoxy) is 1. The lowest BCUT2D eigenvalue weighted by atomic mass is 10.2. The Morgan fingerprint density at radius 2 is 1.88 bits per heavy atom. The van der Waals surface area contributed by atoms with E-state index in [1.165, 1.54) is 4.90 Å². The van der Waals surface area contributed by atoms with E-state index >= 15 is 0 Å². The number of imidazole rings is 1. The van der Waals surface area contributed by atoms with Gasteiger partial charge < -0.3 is 9.64 Å². The summed E-state index contributed by atoms with van der Waals surface area (Å²) in [5.41, 5.74) is 2.17. The smallest absolute Gasteiger partial charge is 0.242 e. The highest BCUT2D eigenvalue weighted by molar-refractivity contribution is 6.30. The number of aromatic nitrogens is 3. The molecular formula is C17H17ClN4O2. The van der Waals surface area contributed by atoms with Crippen LogP contribution in [0.4, 0.5) is 0 Å². The van der Waals surface area contributed by atoms with Crippen LogP contribution >= 0.6 is 11.6 Å². The van der Waals surface area contributed by atoms with Crippen LogP contribution in [-0.2, 0) is 11.3 Å². The van der Waals surface area contributed by atoms with Crippen LogP contribution in [0, 0.1) is 0 Å². The van der Waals surface area contributed by atoms with E-state index in [4.69, 9.17) is 16.3 Å². The molecule has 2 heterocycles. The molecule has 3 aromatic rings. The second-order valence-electron chi connectivity index (χ2n) is 5.51. The summed E-state index contributed by atoms with van der Waals surface area (Å²) in [6.45, 7) is 0.141. The van der Waals surface area contributed by atoms with Gasteiger partial charge in [-0.1, -0.05) is 11.6 Å². The van der Waals surface area contributed by atoms with Crippen LogP contribution in [0.2, 0.25) is 5.02 Å². The van der Waals surface area contributed by atoms with Gasteiger partial charge in [0.1, 0.15) is 17.9 Å². The number of methoxy groups -OCH3 is 1. The Morgan fingerprint density at radius 3 is 2.50 bits per heavy atom. The van der Waals surface area contributed by atoms with Gasteiger partial charge in [0.25, 0.3) is 0 Å². The molecule has 24 heavy (non-hydrogen) atoms. The molecule has 1 aromatic carbocycles. The lowest BCUT2D eigenvalue weighted by Crippen LogP contribution is -2.26. The Labute approximate surface area is 144 Å². The first-order valence-corrected chi connectivity index (χ1v) is 7.74. The summed E-state index contributed by atoms with van der Waals surface area (Å²) in [5.74, 6) is 1.09. The predicted molar refractivity (Wildman–Crippen MR) is 93.2 cm³/mol. The van der Waals surface area contributed by atoms with Gasteiger partial charge in [-0.3, -0.25) is 9.36 Å². The molecule has 0 aliphatic rings. The zero-order chi connectivity index (χ0) is 17.3. The number of pyridine rings is 1. The topological polar surface area (TPSA) is 60.3 Å². The normalized spacial score (nSPS) is 10.8. The van der Waals surface area contributed by atoms with Gasteiger partial charge in [0.15, 0.2) is 5.65 Å². The highest BCUT2D eigenvalue weighted by atomic mass is 35.5. The molecule has 0 bridgehead atoms. The molecule has 0 aliphatic heterocycles. The number of nitrogens with zero attached hydrogens (tertiary/aromatic N) is 4. The molecule has 0 N–H and O–H groups in total. The van der Waals surface area contributed by atoms with E-state index < -0.39 is 0 Å². The number of benzene rings is 1. The van der Waals surface area contributed by atoms with E-state index in [-0.39, 0.29) is 12.5 Å². The van der Waals surface area contributed by atoms with E-state index in [1.807, 2.05) is 18.2 Å². The fourth-order valence-corrected chi connectivity index (χ4v) is 2.47. The van der Waals surface area contributed by atoms with Gasteiger partial charge >= 0.3 is 0 Å². The Bertz CT molecular complexity index is 887. The van der Waals surface area contributed by atoms with E-state index in [0.717, 1.165) is 5.56 Å². The van der Waals surface area contributed by atoms with Crippen molar-refractivity contribution in [3.05, 3.63) is 41.4 Å². The quantitative estimate of drug-likeness (QED) is 0.730. The van der Waals surface area contributed by atoms with Crippen molar-refractivity contribution in [2.45, 2.75) is 6.54 Å². The second-order valence-corrected chi connectivity index (χ2v) is 5.95. The molecular weight excluding hydrogens is 328 g/mol. The maximum atomic E-state index is 12.2. The minimum absolute atomic E-state index is 0.0471. The molecule has 0 spiro atoms. The molecule has 1 amide bonds. The molecule has 2 aromatic heterocycles. The number of hydrogen-bond donors (Lipinski definition) is 0. The van der Waals surface area contributed by atoms with Crippen molar-refractivity contribution in [3.63, 3.8) is 0 Å². The van der Waals surface area contributed by atoms with Crippen molar-refractivity contribution in [3.8, 4) is 17.3 Å². The second kappa shape index (κ2) is 6.49. The highest BCUT2D eigenvalue weighted by Crippen LogP contribution is 2.26. The van der Waals surface area contributed by atoms with Crippen molar-refractivity contribution < 1.29 is 9.53 Å². The number of carbonyl (C=O) groups excluding carboxylic acids is 1. The molecule has 3 rings (SSSR count). The summed E-state index contributed by atoms with van der Waals surface area (Å²) < 4.78 is 6.99. The van der Waals surface area contributed by atoms with Crippen molar-refractivity contribution in [2.75, 3.05) is 21.2 Å². The number of likely N-dealkylation sites (N-methyl/N-ethyl adjacent to an activating group) is 1. The van der Waals surface area contributed by atoms with Gasteiger partial charge in [0, 0.05) is 30.7 Å². The summed E-state index contributed by atoms with van der Waals surface area (Å²) in [7, 11) is 4.99. The fourth-order valence-electron chi connectivity index (χ4n) is 2.34. The van der Waals surface area contributed by atoms with E-state index in [9.17, 15) is 4.79 Å². The minimum Gasteiger partial charge on any atom is -0.481 e. The van der Waals surface area contributed by atoms with Crippen molar-refractivity contribution in [1.82, 2.24) is 19.4 Å². The first kappa shape index (κ1) is 16.3. The van der Waals surface area contributed by atoms with Gasteiger partial charge in [-0.2, -0.15) is 4.98 Å². The molecule has 0 unspecified atom stereocenters. The summed E-state index contributed by atoms with van der Waals surface area (Å²) in [6, 6.07) is 10.9. The number of carbonyl (C=O) groups is 1. The maximum Gasteiger partial charge on any atom is 0.242 e. The summed E-state index contributed by atoms with van der Waals surface area (Å²) in [5, 5.41) is 0.644. The molecule has 7 heteroatoms. The van der Waals surface area contributed by atoms with Crippen molar-refractivity contribution in [1.29, 1.82) is 0 Å². The van der Waals surface area contributed by atoms with Gasteiger partial charge in [-0.25, -0.2) is 4.98 Å². The fraction of sp³-hybridized carbons (Fsp3) is 0.235.